The number of alkyl halides is 3. The van der Waals surface area contributed by atoms with E-state index in [2.05, 4.69) is 15.4 Å². The van der Waals surface area contributed by atoms with Crippen molar-refractivity contribution in [2.24, 2.45) is 0 Å². The van der Waals surface area contributed by atoms with Gasteiger partial charge in [0, 0.05) is 11.3 Å². The Morgan fingerprint density at radius 1 is 1.09 bits per heavy atom. The largest absolute Gasteiger partial charge is 0.460 e. The van der Waals surface area contributed by atoms with E-state index in [-0.39, 0.29) is 29.3 Å². The second-order valence-corrected chi connectivity index (χ2v) is 7.35. The first-order valence-corrected chi connectivity index (χ1v) is 9.97. The van der Waals surface area contributed by atoms with Gasteiger partial charge in [0.15, 0.2) is 11.6 Å². The highest BCUT2D eigenvalue weighted by Crippen LogP contribution is 2.33. The molecule has 0 fully saturated rings. The van der Waals surface area contributed by atoms with Gasteiger partial charge in [-0.15, -0.1) is 5.10 Å². The van der Waals surface area contributed by atoms with Gasteiger partial charge in [-0.25, -0.2) is 4.68 Å². The van der Waals surface area contributed by atoms with Crippen molar-refractivity contribution in [1.29, 1.82) is 0 Å². The summed E-state index contributed by atoms with van der Waals surface area (Å²) in [6.07, 6.45) is -3.32. The molecule has 0 radical (unpaired) electrons. The SMILES string of the molecule is CC(C)Oc1nc(-c2cccc(C(F)(F)F)c2)n(-c2ccc(NC(=O)c3ccco3)cc2)n1. The number of nitrogens with one attached hydrogen (secondary N) is 1. The number of hydrogen-bond acceptors (Lipinski definition) is 5. The molecule has 170 valence electrons. The molecule has 2 heterocycles. The zero-order chi connectivity index (χ0) is 23.6. The quantitative estimate of drug-likeness (QED) is 0.409. The fourth-order valence-corrected chi connectivity index (χ4v) is 3.04. The molecule has 0 bridgehead atoms. The zero-order valence-corrected chi connectivity index (χ0v) is 17.6. The molecular weight excluding hydrogens is 437 g/mol. The summed E-state index contributed by atoms with van der Waals surface area (Å²) in [4.78, 5) is 16.5. The molecule has 0 aliphatic rings. The number of rotatable bonds is 6. The van der Waals surface area contributed by atoms with Crippen LogP contribution in [0.5, 0.6) is 6.01 Å². The van der Waals surface area contributed by atoms with Crippen LogP contribution in [-0.2, 0) is 6.18 Å². The number of aromatic nitrogens is 3. The highest BCUT2D eigenvalue weighted by atomic mass is 19.4. The number of ether oxygens (including phenoxy) is 1. The summed E-state index contributed by atoms with van der Waals surface area (Å²) in [6.45, 7) is 3.59. The molecule has 33 heavy (non-hydrogen) atoms. The van der Waals surface area contributed by atoms with Crippen molar-refractivity contribution in [3.8, 4) is 23.1 Å². The van der Waals surface area contributed by atoms with Crippen LogP contribution in [0.2, 0.25) is 0 Å². The third-order valence-electron chi connectivity index (χ3n) is 4.49. The fourth-order valence-electron chi connectivity index (χ4n) is 3.04. The standard InChI is InChI=1S/C23H19F3N4O3/c1-14(2)33-22-28-20(15-5-3-6-16(13-15)23(24,25)26)30(29-22)18-10-8-17(9-11-18)27-21(31)19-7-4-12-32-19/h3-14H,1-2H3,(H,27,31). The zero-order valence-electron chi connectivity index (χ0n) is 17.6. The van der Waals surface area contributed by atoms with E-state index in [0.717, 1.165) is 12.1 Å². The lowest BCUT2D eigenvalue weighted by Crippen LogP contribution is -2.11. The van der Waals surface area contributed by atoms with Crippen molar-refractivity contribution >= 4 is 11.6 Å². The minimum Gasteiger partial charge on any atom is -0.460 e. The highest BCUT2D eigenvalue weighted by molar-refractivity contribution is 6.02. The Morgan fingerprint density at radius 2 is 1.85 bits per heavy atom. The Labute approximate surface area is 186 Å². The predicted molar refractivity (Wildman–Crippen MR) is 114 cm³/mol. The molecule has 4 aromatic rings. The van der Waals surface area contributed by atoms with E-state index in [4.69, 9.17) is 9.15 Å². The number of hydrogen-bond donors (Lipinski definition) is 1. The lowest BCUT2D eigenvalue weighted by molar-refractivity contribution is -0.137. The molecule has 0 aliphatic heterocycles. The molecule has 1 N–H and O–H groups in total. The molecule has 2 aromatic carbocycles. The Morgan fingerprint density at radius 3 is 2.48 bits per heavy atom. The van der Waals surface area contributed by atoms with Crippen molar-refractivity contribution < 1.29 is 27.1 Å². The monoisotopic (exact) mass is 456 g/mol. The summed E-state index contributed by atoms with van der Waals surface area (Å²) in [6, 6.07) is 14.6. The smallest absolute Gasteiger partial charge is 0.416 e. The lowest BCUT2D eigenvalue weighted by atomic mass is 10.1. The van der Waals surface area contributed by atoms with Crippen LogP contribution in [0, 0.1) is 0 Å². The molecule has 1 amide bonds. The van der Waals surface area contributed by atoms with Gasteiger partial charge in [0.05, 0.1) is 23.6 Å². The van der Waals surface area contributed by atoms with Crippen molar-refractivity contribution in [3.63, 3.8) is 0 Å². The average molecular weight is 456 g/mol. The molecule has 0 spiro atoms. The van der Waals surface area contributed by atoms with E-state index in [1.165, 1.54) is 29.1 Å². The number of furan rings is 1. The topological polar surface area (TPSA) is 82.2 Å². The van der Waals surface area contributed by atoms with Gasteiger partial charge >= 0.3 is 12.2 Å². The second-order valence-electron chi connectivity index (χ2n) is 7.35. The highest BCUT2D eigenvalue weighted by Gasteiger charge is 2.31. The maximum atomic E-state index is 13.2. The van der Waals surface area contributed by atoms with Crippen LogP contribution >= 0.6 is 0 Å². The summed E-state index contributed by atoms with van der Waals surface area (Å²) < 4.78 is 51.7. The number of carbonyl (C=O) groups is 1. The Balaban J connectivity index is 1.68. The maximum Gasteiger partial charge on any atom is 0.416 e. The second kappa shape index (κ2) is 8.81. The third-order valence-corrected chi connectivity index (χ3v) is 4.49. The van der Waals surface area contributed by atoms with Gasteiger partial charge < -0.3 is 14.5 Å². The summed E-state index contributed by atoms with van der Waals surface area (Å²) in [7, 11) is 0. The molecule has 2 aromatic heterocycles. The first kappa shape index (κ1) is 22.1. The van der Waals surface area contributed by atoms with Crippen LogP contribution in [0.3, 0.4) is 0 Å². The van der Waals surface area contributed by atoms with Crippen LogP contribution < -0.4 is 10.1 Å². The minimum atomic E-state index is -4.49. The number of anilines is 1. The van der Waals surface area contributed by atoms with Gasteiger partial charge in [-0.2, -0.15) is 18.2 Å². The van der Waals surface area contributed by atoms with Crippen molar-refractivity contribution in [2.45, 2.75) is 26.1 Å². The van der Waals surface area contributed by atoms with E-state index in [9.17, 15) is 18.0 Å². The van der Waals surface area contributed by atoms with Crippen LogP contribution in [0.1, 0.15) is 30.0 Å². The number of carbonyl (C=O) groups excluding carboxylic acids is 1. The van der Waals surface area contributed by atoms with Crippen LogP contribution in [0.15, 0.2) is 71.3 Å². The van der Waals surface area contributed by atoms with E-state index in [1.54, 1.807) is 44.2 Å². The van der Waals surface area contributed by atoms with Crippen molar-refractivity contribution in [2.75, 3.05) is 5.32 Å². The third kappa shape index (κ3) is 5.05. The predicted octanol–water partition coefficient (Wildman–Crippen LogP) is 5.59. The van der Waals surface area contributed by atoms with Crippen LogP contribution in [-0.4, -0.2) is 26.8 Å². The van der Waals surface area contributed by atoms with Crippen LogP contribution in [0.4, 0.5) is 18.9 Å². The molecule has 4 rings (SSSR count). The molecule has 0 aliphatic carbocycles. The number of amides is 1. The number of halogens is 3. The van der Waals surface area contributed by atoms with Crippen LogP contribution in [0.25, 0.3) is 17.1 Å². The lowest BCUT2D eigenvalue weighted by Gasteiger charge is -2.10. The molecule has 0 saturated heterocycles. The molecule has 0 saturated carbocycles. The van der Waals surface area contributed by atoms with Crippen molar-refractivity contribution in [3.05, 3.63) is 78.3 Å². The van der Waals surface area contributed by atoms with Gasteiger partial charge in [-0.3, -0.25) is 4.79 Å². The normalized spacial score (nSPS) is 11.6. The Hall–Kier alpha value is -4.08. The summed E-state index contributed by atoms with van der Waals surface area (Å²) in [5.41, 5.74) is 0.451. The molecule has 10 heteroatoms. The van der Waals surface area contributed by atoms with Gasteiger partial charge in [-0.1, -0.05) is 12.1 Å². The minimum absolute atomic E-state index is 0.0348. The van der Waals surface area contributed by atoms with E-state index in [1.807, 2.05) is 0 Å². The summed E-state index contributed by atoms with van der Waals surface area (Å²) in [5, 5.41) is 7.02. The van der Waals surface area contributed by atoms with Gasteiger partial charge in [0.25, 0.3) is 5.91 Å². The first-order chi connectivity index (χ1) is 15.7. The van der Waals surface area contributed by atoms with E-state index in [0.29, 0.717) is 11.4 Å². The Kier molecular flexibility index (Phi) is 5.91. The van der Waals surface area contributed by atoms with Gasteiger partial charge in [-0.05, 0) is 62.4 Å². The van der Waals surface area contributed by atoms with E-state index >= 15 is 0 Å². The molecule has 7 nitrogen and oxygen atoms in total. The first-order valence-electron chi connectivity index (χ1n) is 9.97. The molecular formula is C23H19F3N4O3. The number of benzene rings is 2. The average Bonchev–Trinajstić information content (AvgIpc) is 3.44. The van der Waals surface area contributed by atoms with Crippen molar-refractivity contribution in [1.82, 2.24) is 14.8 Å². The van der Waals surface area contributed by atoms with E-state index < -0.39 is 17.6 Å². The summed E-state index contributed by atoms with van der Waals surface area (Å²) >= 11 is 0. The summed E-state index contributed by atoms with van der Waals surface area (Å²) in [5.74, 6) is -0.0624. The van der Waals surface area contributed by atoms with Gasteiger partial charge in [0.2, 0.25) is 0 Å². The maximum absolute atomic E-state index is 13.2. The fraction of sp³-hybridized carbons (Fsp3) is 0.174. The molecule has 0 unspecified atom stereocenters. The number of nitrogens with zero attached hydrogens (tertiary/aromatic N) is 3. The molecule has 0 atom stereocenters. The van der Waals surface area contributed by atoms with Gasteiger partial charge in [0.1, 0.15) is 0 Å². The Bertz CT molecular complexity index is 1250.